The lowest BCUT2D eigenvalue weighted by Gasteiger charge is -2.34. The van der Waals surface area contributed by atoms with E-state index in [1.165, 1.54) is 30.5 Å². The molecule has 4 rings (SSSR count). The molecule has 1 aromatic heterocycles. The predicted octanol–water partition coefficient (Wildman–Crippen LogP) is 5.03. The van der Waals surface area contributed by atoms with E-state index in [0.717, 1.165) is 0 Å². The first-order valence-corrected chi connectivity index (χ1v) is 10.2. The van der Waals surface area contributed by atoms with Crippen LogP contribution in [0.1, 0.15) is 24.2 Å². The fraction of sp³-hybridized carbons (Fsp3) is 0.286. The lowest BCUT2D eigenvalue weighted by Crippen LogP contribution is -2.45. The van der Waals surface area contributed by atoms with Crippen LogP contribution in [-0.2, 0) is 14.3 Å². The molecule has 1 aliphatic heterocycles. The molecule has 10 heteroatoms. The number of hydrogen-bond donors (Lipinski definition) is 2. The molecule has 2 aromatic carbocycles. The van der Waals surface area contributed by atoms with E-state index in [9.17, 15) is 9.18 Å². The zero-order valence-electron chi connectivity index (χ0n) is 16.6. The van der Waals surface area contributed by atoms with Gasteiger partial charge in [-0.25, -0.2) is 14.3 Å². The van der Waals surface area contributed by atoms with E-state index in [1.54, 1.807) is 19.9 Å². The Balaban J connectivity index is 1.60. The van der Waals surface area contributed by atoms with Crippen LogP contribution in [0.3, 0.4) is 0 Å². The Hall–Kier alpha value is -2.53. The molecule has 0 spiro atoms. The van der Waals surface area contributed by atoms with Gasteiger partial charge in [-0.05, 0) is 44.2 Å². The summed E-state index contributed by atoms with van der Waals surface area (Å²) in [6.45, 7) is 3.95. The van der Waals surface area contributed by atoms with Gasteiger partial charge in [0.15, 0.2) is 17.2 Å². The standard InChI is InChI=1S/C21H19BrF2N2O5/c1-21(2)29-9-13(10-30-21)31-26-20(27)14-7-11-5-6-28-19(11)17(24)18(14)25-16-4-3-12(22)8-15(16)23/h3-8,13,25H,9-10H2,1-2H3,(H,26,27). The molecule has 1 amide bonds. The fourth-order valence-electron chi connectivity index (χ4n) is 3.03. The molecule has 0 radical (unpaired) electrons. The van der Waals surface area contributed by atoms with Crippen LogP contribution in [0.15, 0.2) is 45.5 Å². The number of carbonyl (C=O) groups excluding carboxylic acids is 1. The highest BCUT2D eigenvalue weighted by atomic mass is 79.9. The number of halogens is 3. The predicted molar refractivity (Wildman–Crippen MR) is 112 cm³/mol. The van der Waals surface area contributed by atoms with Crippen molar-refractivity contribution in [2.75, 3.05) is 18.5 Å². The van der Waals surface area contributed by atoms with Crippen molar-refractivity contribution in [3.8, 4) is 0 Å². The average molecular weight is 497 g/mol. The highest BCUT2D eigenvalue weighted by Crippen LogP contribution is 2.33. The molecule has 1 aliphatic rings. The van der Waals surface area contributed by atoms with Crippen LogP contribution in [-0.4, -0.2) is 31.0 Å². The van der Waals surface area contributed by atoms with Crippen molar-refractivity contribution in [2.24, 2.45) is 0 Å². The molecule has 0 atom stereocenters. The zero-order chi connectivity index (χ0) is 22.2. The van der Waals surface area contributed by atoms with E-state index in [2.05, 4.69) is 26.7 Å². The number of rotatable bonds is 5. The molecule has 0 bridgehead atoms. The summed E-state index contributed by atoms with van der Waals surface area (Å²) in [5.74, 6) is -2.92. The van der Waals surface area contributed by atoms with Crippen LogP contribution < -0.4 is 10.8 Å². The van der Waals surface area contributed by atoms with Crippen LogP contribution >= 0.6 is 15.9 Å². The van der Waals surface area contributed by atoms with Gasteiger partial charge in [-0.15, -0.1) is 0 Å². The lowest BCUT2D eigenvalue weighted by molar-refractivity contribution is -0.284. The summed E-state index contributed by atoms with van der Waals surface area (Å²) in [6.07, 6.45) is 0.758. The van der Waals surface area contributed by atoms with Crippen LogP contribution in [0, 0.1) is 11.6 Å². The van der Waals surface area contributed by atoms with Crippen molar-refractivity contribution >= 4 is 44.2 Å². The number of carbonyl (C=O) groups is 1. The first kappa shape index (κ1) is 21.7. The molecule has 1 fully saturated rings. The Morgan fingerprint density at radius 2 is 1.94 bits per heavy atom. The van der Waals surface area contributed by atoms with Crippen molar-refractivity contribution < 1.29 is 32.3 Å². The molecular weight excluding hydrogens is 478 g/mol. The number of anilines is 2. The van der Waals surface area contributed by atoms with Gasteiger partial charge in [0.1, 0.15) is 11.9 Å². The third kappa shape index (κ3) is 4.72. The number of benzene rings is 2. The molecule has 0 unspecified atom stereocenters. The fourth-order valence-corrected chi connectivity index (χ4v) is 3.37. The Kier molecular flexibility index (Phi) is 5.98. The van der Waals surface area contributed by atoms with E-state index in [1.807, 2.05) is 0 Å². The van der Waals surface area contributed by atoms with Gasteiger partial charge in [0.25, 0.3) is 5.91 Å². The first-order chi connectivity index (χ1) is 14.7. The highest BCUT2D eigenvalue weighted by Gasteiger charge is 2.30. The normalized spacial score (nSPS) is 16.4. The van der Waals surface area contributed by atoms with Gasteiger partial charge in [-0.1, -0.05) is 15.9 Å². The summed E-state index contributed by atoms with van der Waals surface area (Å²) in [5, 5.41) is 3.02. The van der Waals surface area contributed by atoms with Crippen molar-refractivity contribution in [3.05, 3.63) is 58.3 Å². The SMILES string of the molecule is CC1(C)OCC(ONC(=O)c2cc3ccoc3c(F)c2Nc2ccc(Br)cc2F)CO1. The number of nitrogens with one attached hydrogen (secondary N) is 2. The smallest absolute Gasteiger partial charge is 0.277 e. The molecule has 164 valence electrons. The molecule has 2 heterocycles. The topological polar surface area (TPSA) is 82.0 Å². The molecule has 0 saturated carbocycles. The van der Waals surface area contributed by atoms with Gasteiger partial charge >= 0.3 is 0 Å². The average Bonchev–Trinajstić information content (AvgIpc) is 3.19. The molecule has 3 aromatic rings. The van der Waals surface area contributed by atoms with E-state index >= 15 is 4.39 Å². The van der Waals surface area contributed by atoms with Gasteiger partial charge in [0, 0.05) is 9.86 Å². The van der Waals surface area contributed by atoms with Gasteiger partial charge in [0.2, 0.25) is 0 Å². The number of amides is 1. The lowest BCUT2D eigenvalue weighted by atomic mass is 10.1. The minimum Gasteiger partial charge on any atom is -0.461 e. The number of hydroxylamine groups is 1. The summed E-state index contributed by atoms with van der Waals surface area (Å²) in [5.41, 5.74) is 1.88. The Morgan fingerprint density at radius 1 is 1.19 bits per heavy atom. The quantitative estimate of drug-likeness (QED) is 0.482. The maximum absolute atomic E-state index is 15.2. The Bertz CT molecular complexity index is 1120. The molecular formula is C21H19BrF2N2O5. The van der Waals surface area contributed by atoms with Crippen LogP contribution in [0.5, 0.6) is 0 Å². The second-order valence-electron chi connectivity index (χ2n) is 7.39. The van der Waals surface area contributed by atoms with Crippen LogP contribution in [0.4, 0.5) is 20.2 Å². The summed E-state index contributed by atoms with van der Waals surface area (Å²) >= 11 is 3.17. The Labute approximate surface area is 184 Å². The van der Waals surface area contributed by atoms with E-state index < -0.39 is 29.4 Å². The summed E-state index contributed by atoms with van der Waals surface area (Å²) in [4.78, 5) is 18.2. The van der Waals surface area contributed by atoms with Gasteiger partial charge in [-0.2, -0.15) is 0 Å². The number of fused-ring (bicyclic) bond motifs is 1. The minimum atomic E-state index is -0.832. The number of ether oxygens (including phenoxy) is 2. The third-order valence-corrected chi connectivity index (χ3v) is 5.16. The number of hydrogen-bond acceptors (Lipinski definition) is 6. The van der Waals surface area contributed by atoms with Crippen molar-refractivity contribution in [3.63, 3.8) is 0 Å². The second kappa shape index (κ2) is 8.54. The maximum Gasteiger partial charge on any atom is 0.277 e. The molecule has 0 aliphatic carbocycles. The summed E-state index contributed by atoms with van der Waals surface area (Å²) in [7, 11) is 0. The van der Waals surface area contributed by atoms with E-state index in [-0.39, 0.29) is 35.7 Å². The third-order valence-electron chi connectivity index (χ3n) is 4.67. The molecule has 31 heavy (non-hydrogen) atoms. The van der Waals surface area contributed by atoms with Gasteiger partial charge in [0.05, 0.1) is 36.4 Å². The van der Waals surface area contributed by atoms with Crippen molar-refractivity contribution in [1.82, 2.24) is 5.48 Å². The second-order valence-corrected chi connectivity index (χ2v) is 8.31. The van der Waals surface area contributed by atoms with Gasteiger partial charge in [-0.3, -0.25) is 9.63 Å². The summed E-state index contributed by atoms with van der Waals surface area (Å²) in [6, 6.07) is 7.17. The van der Waals surface area contributed by atoms with Crippen LogP contribution in [0.2, 0.25) is 0 Å². The Morgan fingerprint density at radius 3 is 2.65 bits per heavy atom. The largest absolute Gasteiger partial charge is 0.461 e. The van der Waals surface area contributed by atoms with Gasteiger partial charge < -0.3 is 19.2 Å². The minimum absolute atomic E-state index is 0.0145. The number of furan rings is 1. The summed E-state index contributed by atoms with van der Waals surface area (Å²) < 4.78 is 46.1. The monoisotopic (exact) mass is 496 g/mol. The first-order valence-electron chi connectivity index (χ1n) is 9.39. The highest BCUT2D eigenvalue weighted by molar-refractivity contribution is 9.10. The van der Waals surface area contributed by atoms with Crippen molar-refractivity contribution in [1.29, 1.82) is 0 Å². The van der Waals surface area contributed by atoms with E-state index in [4.69, 9.17) is 18.7 Å². The zero-order valence-corrected chi connectivity index (χ0v) is 18.2. The van der Waals surface area contributed by atoms with Crippen LogP contribution in [0.25, 0.3) is 11.0 Å². The van der Waals surface area contributed by atoms with Crippen molar-refractivity contribution in [2.45, 2.75) is 25.7 Å². The molecule has 1 saturated heterocycles. The van der Waals surface area contributed by atoms with E-state index in [0.29, 0.717) is 9.86 Å². The maximum atomic E-state index is 15.2. The molecule has 2 N–H and O–H groups in total. The molecule has 7 nitrogen and oxygen atoms in total.